The number of anilines is 2. The summed E-state index contributed by atoms with van der Waals surface area (Å²) in [5.74, 6) is 0.151. The predicted octanol–water partition coefficient (Wildman–Crippen LogP) is 5.56. The van der Waals surface area contributed by atoms with Crippen molar-refractivity contribution in [3.05, 3.63) is 64.0 Å². The van der Waals surface area contributed by atoms with Crippen molar-refractivity contribution in [2.75, 3.05) is 5.32 Å². The topological polar surface area (TPSA) is 84.2 Å². The summed E-state index contributed by atoms with van der Waals surface area (Å²) in [6.07, 6.45) is 7.29. The number of carboxylic acid groups (broad SMARTS) is 1. The molecule has 0 saturated heterocycles. The van der Waals surface area contributed by atoms with Crippen molar-refractivity contribution in [1.82, 2.24) is 9.78 Å². The molecule has 4 bridgehead atoms. The van der Waals surface area contributed by atoms with E-state index in [2.05, 4.69) is 10.4 Å². The Hall–Kier alpha value is -2.86. The number of nitrogens with one attached hydrogen (secondary N) is 1. The third-order valence-electron chi connectivity index (χ3n) is 8.10. The van der Waals surface area contributed by atoms with E-state index >= 15 is 0 Å². The molecule has 4 saturated carbocycles. The lowest BCUT2D eigenvalue weighted by atomic mass is 9.46. The molecule has 7 heteroatoms. The number of rotatable bonds is 5. The van der Waals surface area contributed by atoms with Crippen LogP contribution >= 0.6 is 11.6 Å². The molecular weight excluding hydrogens is 438 g/mol. The number of carbonyl (C=O) groups is 1. The lowest BCUT2D eigenvalue weighted by molar-refractivity contribution is -0.151. The standard InChI is InChI=1S/C26H26ClN3O3/c27-23-21(29-20-7-3-5-18-4-1-2-6-19(18)20)14-28-30(24(23)33)26-11-16-8-17(12-26)10-25(9-16,15-26)13-22(31)32/h1-7,14,16-17,29H,8-13,15H2,(H,31,32)/t16-,17+,25?,26?. The van der Waals surface area contributed by atoms with Gasteiger partial charge in [0.2, 0.25) is 0 Å². The molecule has 4 aliphatic rings. The van der Waals surface area contributed by atoms with Crippen molar-refractivity contribution in [2.24, 2.45) is 17.3 Å². The molecule has 4 aliphatic carbocycles. The first-order valence-corrected chi connectivity index (χ1v) is 12.0. The minimum absolute atomic E-state index is 0.126. The first-order chi connectivity index (χ1) is 15.9. The maximum Gasteiger partial charge on any atom is 0.303 e. The van der Waals surface area contributed by atoms with Gasteiger partial charge >= 0.3 is 5.97 Å². The van der Waals surface area contributed by atoms with Crippen LogP contribution in [0.4, 0.5) is 11.4 Å². The number of aromatic nitrogens is 2. The average molecular weight is 464 g/mol. The van der Waals surface area contributed by atoms with Gasteiger partial charge in [0.25, 0.3) is 5.56 Å². The highest BCUT2D eigenvalue weighted by Gasteiger charge is 2.59. The van der Waals surface area contributed by atoms with Gasteiger partial charge in [0.15, 0.2) is 0 Å². The summed E-state index contributed by atoms with van der Waals surface area (Å²) in [6.45, 7) is 0. The van der Waals surface area contributed by atoms with E-state index in [9.17, 15) is 14.7 Å². The molecule has 1 heterocycles. The highest BCUT2D eigenvalue weighted by Crippen LogP contribution is 2.65. The van der Waals surface area contributed by atoms with Gasteiger partial charge in [0.05, 0.1) is 23.8 Å². The lowest BCUT2D eigenvalue weighted by Crippen LogP contribution is -2.59. The first-order valence-electron chi connectivity index (χ1n) is 11.6. The van der Waals surface area contributed by atoms with Gasteiger partial charge in [-0.15, -0.1) is 0 Å². The molecule has 3 aromatic rings. The van der Waals surface area contributed by atoms with Gasteiger partial charge < -0.3 is 10.4 Å². The zero-order valence-electron chi connectivity index (χ0n) is 18.3. The van der Waals surface area contributed by atoms with Gasteiger partial charge in [-0.1, -0.05) is 48.0 Å². The molecular formula is C26H26ClN3O3. The summed E-state index contributed by atoms with van der Waals surface area (Å²) >= 11 is 6.63. The summed E-state index contributed by atoms with van der Waals surface area (Å²) in [7, 11) is 0. The highest BCUT2D eigenvalue weighted by molar-refractivity contribution is 6.33. The van der Waals surface area contributed by atoms with E-state index in [1.54, 1.807) is 10.9 Å². The normalized spacial score (nSPS) is 30.0. The second-order valence-electron chi connectivity index (χ2n) is 10.5. The highest BCUT2D eigenvalue weighted by atomic mass is 35.5. The molecule has 2 aromatic carbocycles. The molecule has 0 aliphatic heterocycles. The molecule has 7 rings (SSSR count). The van der Waals surface area contributed by atoms with E-state index in [-0.39, 0.29) is 22.4 Å². The number of carboxylic acids is 1. The Kier molecular flexibility index (Phi) is 4.60. The lowest BCUT2D eigenvalue weighted by Gasteiger charge is -2.61. The third kappa shape index (κ3) is 3.34. The molecule has 0 spiro atoms. The number of benzene rings is 2. The molecule has 0 amide bonds. The van der Waals surface area contributed by atoms with Gasteiger partial charge in [-0.2, -0.15) is 5.10 Å². The molecule has 33 heavy (non-hydrogen) atoms. The summed E-state index contributed by atoms with van der Waals surface area (Å²) in [6, 6.07) is 14.0. The van der Waals surface area contributed by atoms with Crippen molar-refractivity contribution in [3.63, 3.8) is 0 Å². The van der Waals surface area contributed by atoms with Crippen LogP contribution in [0, 0.1) is 17.3 Å². The summed E-state index contributed by atoms with van der Waals surface area (Å²) in [5.41, 5.74) is 0.388. The van der Waals surface area contributed by atoms with E-state index in [4.69, 9.17) is 11.6 Å². The third-order valence-corrected chi connectivity index (χ3v) is 8.47. The number of nitrogens with zero attached hydrogens (tertiary/aromatic N) is 2. The van der Waals surface area contributed by atoms with Crippen LogP contribution in [0.15, 0.2) is 53.5 Å². The summed E-state index contributed by atoms with van der Waals surface area (Å²) in [5, 5.41) is 19.8. The molecule has 4 fully saturated rings. The molecule has 170 valence electrons. The molecule has 6 nitrogen and oxygen atoms in total. The smallest absolute Gasteiger partial charge is 0.303 e. The number of halogens is 1. The Bertz CT molecular complexity index is 1310. The van der Waals surface area contributed by atoms with Gasteiger partial charge in [-0.3, -0.25) is 9.59 Å². The molecule has 4 atom stereocenters. The second kappa shape index (κ2) is 7.32. The maximum atomic E-state index is 13.5. The first kappa shape index (κ1) is 20.7. The van der Waals surface area contributed by atoms with Crippen LogP contribution in [0.25, 0.3) is 10.8 Å². The largest absolute Gasteiger partial charge is 0.481 e. The second-order valence-corrected chi connectivity index (χ2v) is 10.9. The van der Waals surface area contributed by atoms with E-state index in [1.807, 2.05) is 42.5 Å². The fourth-order valence-corrected chi connectivity index (χ4v) is 7.69. The van der Waals surface area contributed by atoms with E-state index in [0.717, 1.165) is 48.6 Å². The quantitative estimate of drug-likeness (QED) is 0.517. The summed E-state index contributed by atoms with van der Waals surface area (Å²) < 4.78 is 1.59. The van der Waals surface area contributed by atoms with Crippen LogP contribution in [0.5, 0.6) is 0 Å². The monoisotopic (exact) mass is 463 g/mol. The van der Waals surface area contributed by atoms with Gasteiger partial charge in [-0.05, 0) is 67.2 Å². The predicted molar refractivity (Wildman–Crippen MR) is 128 cm³/mol. The van der Waals surface area contributed by atoms with Crippen LogP contribution in [0.1, 0.15) is 44.9 Å². The zero-order chi connectivity index (χ0) is 22.8. The van der Waals surface area contributed by atoms with Crippen LogP contribution in [0.2, 0.25) is 5.02 Å². The number of aliphatic carboxylic acids is 1. The minimum atomic E-state index is -0.750. The van der Waals surface area contributed by atoms with Crippen LogP contribution in [0.3, 0.4) is 0 Å². The summed E-state index contributed by atoms with van der Waals surface area (Å²) in [4.78, 5) is 25.1. The zero-order valence-corrected chi connectivity index (χ0v) is 19.0. The Morgan fingerprint density at radius 3 is 2.58 bits per heavy atom. The van der Waals surface area contributed by atoms with E-state index < -0.39 is 11.5 Å². The fourth-order valence-electron chi connectivity index (χ4n) is 7.51. The Morgan fingerprint density at radius 2 is 1.82 bits per heavy atom. The number of hydrogen-bond donors (Lipinski definition) is 2. The number of hydrogen-bond acceptors (Lipinski definition) is 4. The van der Waals surface area contributed by atoms with Gasteiger partial charge in [-0.25, -0.2) is 4.68 Å². The minimum Gasteiger partial charge on any atom is -0.481 e. The average Bonchev–Trinajstić information content (AvgIpc) is 2.75. The Labute approximate surface area is 196 Å². The van der Waals surface area contributed by atoms with Crippen molar-refractivity contribution >= 4 is 39.7 Å². The maximum absolute atomic E-state index is 13.5. The van der Waals surface area contributed by atoms with Crippen molar-refractivity contribution in [1.29, 1.82) is 0 Å². The molecule has 2 N–H and O–H groups in total. The Morgan fingerprint density at radius 1 is 1.09 bits per heavy atom. The van der Waals surface area contributed by atoms with Gasteiger partial charge in [0, 0.05) is 11.1 Å². The Balaban J connectivity index is 1.37. The van der Waals surface area contributed by atoms with Gasteiger partial charge in [0.1, 0.15) is 5.02 Å². The molecule has 0 radical (unpaired) electrons. The molecule has 2 unspecified atom stereocenters. The van der Waals surface area contributed by atoms with Crippen LogP contribution in [-0.4, -0.2) is 20.9 Å². The van der Waals surface area contributed by atoms with E-state index in [0.29, 0.717) is 23.9 Å². The van der Waals surface area contributed by atoms with Crippen molar-refractivity contribution in [2.45, 2.75) is 50.5 Å². The SMILES string of the molecule is O=C(O)CC12C[C@H]3C[C@@H](C1)CC(n1ncc(Nc4cccc5ccccc45)c(Cl)c1=O)(C3)C2. The van der Waals surface area contributed by atoms with Crippen LogP contribution < -0.4 is 10.9 Å². The fraction of sp³-hybridized carbons (Fsp3) is 0.423. The van der Waals surface area contributed by atoms with Crippen LogP contribution in [-0.2, 0) is 10.3 Å². The van der Waals surface area contributed by atoms with Crippen molar-refractivity contribution < 1.29 is 9.90 Å². The number of fused-ring (bicyclic) bond motifs is 1. The van der Waals surface area contributed by atoms with Crippen molar-refractivity contribution in [3.8, 4) is 0 Å². The van der Waals surface area contributed by atoms with E-state index in [1.165, 1.54) is 0 Å². The molecule has 1 aromatic heterocycles.